The van der Waals surface area contributed by atoms with E-state index in [-0.39, 0.29) is 23.5 Å². The number of aryl methyl sites for hydroxylation is 1. The third kappa shape index (κ3) is 3.28. The number of ether oxygens (including phenoxy) is 2. The van der Waals surface area contributed by atoms with Crippen LogP contribution in [-0.4, -0.2) is 18.7 Å². The van der Waals surface area contributed by atoms with Crippen molar-refractivity contribution in [1.29, 1.82) is 0 Å². The van der Waals surface area contributed by atoms with E-state index in [0.29, 0.717) is 16.7 Å². The van der Waals surface area contributed by atoms with Gasteiger partial charge in [-0.2, -0.15) is 0 Å². The second kappa shape index (κ2) is 6.84. The second-order valence-electron chi connectivity index (χ2n) is 5.58. The van der Waals surface area contributed by atoms with Crippen molar-refractivity contribution in [1.82, 2.24) is 0 Å². The topological polar surface area (TPSA) is 78.9 Å². The van der Waals surface area contributed by atoms with E-state index >= 15 is 0 Å². The van der Waals surface area contributed by atoms with Crippen molar-refractivity contribution in [2.24, 2.45) is 0 Å². The number of carbonyl (C=O) groups excluding carboxylic acids is 1. The van der Waals surface area contributed by atoms with Crippen molar-refractivity contribution < 1.29 is 23.1 Å². The number of furan rings is 1. The van der Waals surface area contributed by atoms with Crippen LogP contribution in [0.25, 0.3) is 22.5 Å². The third-order valence-corrected chi connectivity index (χ3v) is 3.66. The minimum atomic E-state index is -0.959. The molecule has 0 radical (unpaired) electrons. The van der Waals surface area contributed by atoms with Gasteiger partial charge in [0, 0.05) is 0 Å². The van der Waals surface area contributed by atoms with Crippen molar-refractivity contribution >= 4 is 16.9 Å². The van der Waals surface area contributed by atoms with Gasteiger partial charge < -0.3 is 18.3 Å². The molecule has 6 heteroatoms. The Labute approximate surface area is 144 Å². The zero-order valence-corrected chi connectivity index (χ0v) is 14.2. The van der Waals surface area contributed by atoms with E-state index in [1.165, 1.54) is 13.2 Å². The molecule has 130 valence electrons. The summed E-state index contributed by atoms with van der Waals surface area (Å²) in [5.41, 5.74) is 0.959. The zero-order chi connectivity index (χ0) is 18.0. The maximum Gasteiger partial charge on any atom is 0.347 e. The highest BCUT2D eigenvalue weighted by molar-refractivity contribution is 5.82. The zero-order valence-electron chi connectivity index (χ0n) is 14.2. The predicted molar refractivity (Wildman–Crippen MR) is 91.6 cm³/mol. The van der Waals surface area contributed by atoms with Crippen LogP contribution in [0.15, 0.2) is 50.2 Å². The van der Waals surface area contributed by atoms with Crippen LogP contribution in [0.1, 0.15) is 19.4 Å². The molecule has 0 aliphatic carbocycles. The molecule has 0 saturated heterocycles. The molecule has 0 bridgehead atoms. The first-order valence-electron chi connectivity index (χ1n) is 7.96. The first-order valence-corrected chi connectivity index (χ1v) is 7.96. The molecule has 25 heavy (non-hydrogen) atoms. The summed E-state index contributed by atoms with van der Waals surface area (Å²) in [7, 11) is 0. The molecule has 1 aromatic carbocycles. The molecule has 2 aromatic heterocycles. The van der Waals surface area contributed by atoms with Crippen LogP contribution in [0.2, 0.25) is 0 Å². The predicted octanol–water partition coefficient (Wildman–Crippen LogP) is 3.69. The highest BCUT2D eigenvalue weighted by Gasteiger charge is 2.24. The Morgan fingerprint density at radius 1 is 1.28 bits per heavy atom. The lowest BCUT2D eigenvalue weighted by molar-refractivity contribution is -0.150. The van der Waals surface area contributed by atoms with Gasteiger partial charge in [-0.3, -0.25) is 4.79 Å². The van der Waals surface area contributed by atoms with E-state index in [1.54, 1.807) is 31.2 Å². The lowest BCUT2D eigenvalue weighted by atomic mass is 10.1. The molecule has 0 aliphatic rings. The minimum absolute atomic E-state index is 0.0754. The number of esters is 1. The first-order chi connectivity index (χ1) is 12.0. The first kappa shape index (κ1) is 16.8. The van der Waals surface area contributed by atoms with Crippen LogP contribution < -0.4 is 10.2 Å². The summed E-state index contributed by atoms with van der Waals surface area (Å²) in [6.45, 7) is 5.32. The smallest absolute Gasteiger partial charge is 0.347 e. The Morgan fingerprint density at radius 3 is 2.76 bits per heavy atom. The minimum Gasteiger partial charge on any atom is -0.471 e. The highest BCUT2D eigenvalue weighted by Crippen LogP contribution is 2.32. The molecular formula is C19H18O6. The molecule has 0 unspecified atom stereocenters. The Bertz CT molecular complexity index is 952. The van der Waals surface area contributed by atoms with Gasteiger partial charge >= 0.3 is 5.97 Å². The van der Waals surface area contributed by atoms with Crippen molar-refractivity contribution in [2.75, 3.05) is 6.61 Å². The molecule has 0 N–H and O–H groups in total. The van der Waals surface area contributed by atoms with Crippen molar-refractivity contribution in [3.63, 3.8) is 0 Å². The Hall–Kier alpha value is -3.02. The normalized spacial score (nSPS) is 12.1. The number of fused-ring (bicyclic) bond motifs is 1. The maximum atomic E-state index is 12.9. The summed E-state index contributed by atoms with van der Waals surface area (Å²) in [5.74, 6) is -0.154. The summed E-state index contributed by atoms with van der Waals surface area (Å²) >= 11 is 0. The monoisotopic (exact) mass is 342 g/mol. The average molecular weight is 342 g/mol. The molecular weight excluding hydrogens is 324 g/mol. The Kier molecular flexibility index (Phi) is 4.61. The van der Waals surface area contributed by atoms with Crippen LogP contribution in [0, 0.1) is 6.92 Å². The average Bonchev–Trinajstić information content (AvgIpc) is 3.12. The molecule has 6 nitrogen and oxygen atoms in total. The Balaban J connectivity index is 2.17. The van der Waals surface area contributed by atoms with Gasteiger partial charge in [-0.25, -0.2) is 4.79 Å². The second-order valence-corrected chi connectivity index (χ2v) is 5.58. The number of carbonyl (C=O) groups is 1. The molecule has 0 aliphatic heterocycles. The van der Waals surface area contributed by atoms with Gasteiger partial charge in [0.2, 0.25) is 16.9 Å². The fraction of sp³-hybridized carbons (Fsp3) is 0.263. The Morgan fingerprint density at radius 2 is 2.08 bits per heavy atom. The van der Waals surface area contributed by atoms with E-state index in [1.807, 2.05) is 13.0 Å². The maximum absolute atomic E-state index is 12.9. The SMILES string of the molecule is CCOC(=O)[C@@H](C)Oc1c(-c2ccco2)oc2ccc(C)cc2c1=O. The van der Waals surface area contributed by atoms with Gasteiger partial charge in [0.15, 0.2) is 11.9 Å². The molecule has 3 aromatic rings. The van der Waals surface area contributed by atoms with E-state index in [0.717, 1.165) is 5.56 Å². The van der Waals surface area contributed by atoms with Crippen LogP contribution in [-0.2, 0) is 9.53 Å². The quantitative estimate of drug-likeness (QED) is 0.658. The third-order valence-electron chi connectivity index (χ3n) is 3.66. The molecule has 3 rings (SSSR count). The van der Waals surface area contributed by atoms with E-state index in [2.05, 4.69) is 0 Å². The van der Waals surface area contributed by atoms with Crippen molar-refractivity contribution in [3.05, 3.63) is 52.4 Å². The molecule has 0 saturated carbocycles. The summed E-state index contributed by atoms with van der Waals surface area (Å²) in [5, 5.41) is 0.376. The van der Waals surface area contributed by atoms with Gasteiger partial charge in [0.1, 0.15) is 5.58 Å². The molecule has 1 atom stereocenters. The fourth-order valence-electron chi connectivity index (χ4n) is 2.45. The number of hydrogen-bond donors (Lipinski definition) is 0. The van der Waals surface area contributed by atoms with Gasteiger partial charge in [-0.05, 0) is 45.0 Å². The molecule has 0 amide bonds. The van der Waals surface area contributed by atoms with Crippen LogP contribution >= 0.6 is 0 Å². The number of hydrogen-bond acceptors (Lipinski definition) is 6. The number of rotatable bonds is 5. The van der Waals surface area contributed by atoms with E-state index < -0.39 is 12.1 Å². The molecule has 2 heterocycles. The lowest BCUT2D eigenvalue weighted by Gasteiger charge is -2.15. The number of benzene rings is 1. The summed E-state index contributed by atoms with van der Waals surface area (Å²) in [6.07, 6.45) is 0.506. The van der Waals surface area contributed by atoms with Gasteiger partial charge in [0.25, 0.3) is 0 Å². The molecule has 0 fully saturated rings. The molecule has 0 spiro atoms. The van der Waals surface area contributed by atoms with E-state index in [9.17, 15) is 9.59 Å². The van der Waals surface area contributed by atoms with Gasteiger partial charge in [0.05, 0.1) is 18.3 Å². The van der Waals surface area contributed by atoms with Crippen LogP contribution in [0.3, 0.4) is 0 Å². The summed E-state index contributed by atoms with van der Waals surface area (Å²) < 4.78 is 21.7. The fourth-order valence-corrected chi connectivity index (χ4v) is 2.45. The summed E-state index contributed by atoms with van der Waals surface area (Å²) in [4.78, 5) is 24.8. The highest BCUT2D eigenvalue weighted by atomic mass is 16.6. The standard InChI is InChI=1S/C19H18O6/c1-4-22-19(21)12(3)24-18-16(20)13-10-11(2)7-8-14(13)25-17(18)15-6-5-9-23-15/h5-10,12H,4H2,1-3H3/t12-/m1/s1. The van der Waals surface area contributed by atoms with Crippen LogP contribution in [0.5, 0.6) is 5.75 Å². The van der Waals surface area contributed by atoms with E-state index in [4.69, 9.17) is 18.3 Å². The van der Waals surface area contributed by atoms with Crippen molar-refractivity contribution in [2.45, 2.75) is 26.9 Å². The lowest BCUT2D eigenvalue weighted by Crippen LogP contribution is -2.28. The largest absolute Gasteiger partial charge is 0.471 e. The van der Waals surface area contributed by atoms with Crippen LogP contribution in [0.4, 0.5) is 0 Å². The summed E-state index contributed by atoms with van der Waals surface area (Å²) in [6, 6.07) is 8.61. The van der Waals surface area contributed by atoms with Crippen molar-refractivity contribution in [3.8, 4) is 17.3 Å². The van der Waals surface area contributed by atoms with Gasteiger partial charge in [-0.15, -0.1) is 0 Å². The van der Waals surface area contributed by atoms with Gasteiger partial charge in [-0.1, -0.05) is 11.6 Å².